The molecule has 0 aromatic heterocycles. The van der Waals surface area contributed by atoms with Crippen LogP contribution < -0.4 is 5.32 Å². The number of aryl methyl sites for hydroxylation is 1. The average Bonchev–Trinajstić information content (AvgIpc) is 2.38. The first kappa shape index (κ1) is 14.9. The van der Waals surface area contributed by atoms with Crippen LogP contribution in [0.4, 0.5) is 5.69 Å². The maximum atomic E-state index is 11.5. The molecule has 0 unspecified atom stereocenters. The Labute approximate surface area is 122 Å². The van der Waals surface area contributed by atoms with Gasteiger partial charge in [-0.3, -0.25) is 4.79 Å². The summed E-state index contributed by atoms with van der Waals surface area (Å²) in [5.41, 5.74) is 2.82. The molecule has 0 spiro atoms. The van der Waals surface area contributed by atoms with Crippen molar-refractivity contribution in [3.05, 3.63) is 29.8 Å². The number of rotatable bonds is 6. The van der Waals surface area contributed by atoms with Crippen LogP contribution in [0, 0.1) is 0 Å². The maximum absolute atomic E-state index is 11.5. The highest BCUT2D eigenvalue weighted by Gasteiger charge is 2.31. The van der Waals surface area contributed by atoms with Crippen LogP contribution >= 0.6 is 0 Å². The van der Waals surface area contributed by atoms with Gasteiger partial charge in [0.2, 0.25) is 5.91 Å². The minimum absolute atomic E-state index is 0.209. The number of benzene rings is 1. The fourth-order valence-electron chi connectivity index (χ4n) is 2.60. The lowest BCUT2D eigenvalue weighted by Gasteiger charge is -2.40. The molecular weight excluding hydrogens is 248 g/mol. The van der Waals surface area contributed by atoms with Crippen LogP contribution in [0.3, 0.4) is 0 Å². The van der Waals surface area contributed by atoms with Crippen LogP contribution in [-0.4, -0.2) is 30.4 Å². The Balaban J connectivity index is 1.78. The van der Waals surface area contributed by atoms with Gasteiger partial charge in [0.15, 0.2) is 0 Å². The van der Waals surface area contributed by atoms with Crippen molar-refractivity contribution in [2.45, 2.75) is 51.0 Å². The van der Waals surface area contributed by atoms with Crippen molar-refractivity contribution < 1.29 is 4.79 Å². The van der Waals surface area contributed by atoms with E-state index in [9.17, 15) is 4.79 Å². The van der Waals surface area contributed by atoms with Gasteiger partial charge in [-0.1, -0.05) is 12.1 Å². The van der Waals surface area contributed by atoms with Crippen molar-refractivity contribution in [2.75, 3.05) is 19.4 Å². The molecule has 1 aliphatic rings. The van der Waals surface area contributed by atoms with Crippen LogP contribution in [0.15, 0.2) is 24.3 Å². The Kier molecular flexibility index (Phi) is 4.69. The van der Waals surface area contributed by atoms with Crippen molar-refractivity contribution in [1.29, 1.82) is 0 Å². The van der Waals surface area contributed by atoms with Gasteiger partial charge in [-0.2, -0.15) is 0 Å². The largest absolute Gasteiger partial charge is 0.380 e. The molecule has 0 atom stereocenters. The number of carbonyl (C=O) groups excluding carboxylic acids is 1. The molecule has 20 heavy (non-hydrogen) atoms. The lowest BCUT2D eigenvalue weighted by molar-refractivity contribution is -0.128. The van der Waals surface area contributed by atoms with Crippen molar-refractivity contribution in [1.82, 2.24) is 4.90 Å². The first-order valence-corrected chi connectivity index (χ1v) is 7.56. The second kappa shape index (κ2) is 6.29. The van der Waals surface area contributed by atoms with Crippen LogP contribution in [0.1, 0.15) is 44.6 Å². The summed E-state index contributed by atoms with van der Waals surface area (Å²) in [6.45, 7) is 2.29. The van der Waals surface area contributed by atoms with E-state index in [-0.39, 0.29) is 5.91 Å². The Morgan fingerprint density at radius 3 is 2.40 bits per heavy atom. The first-order valence-electron chi connectivity index (χ1n) is 7.56. The van der Waals surface area contributed by atoms with E-state index in [1.165, 1.54) is 30.5 Å². The summed E-state index contributed by atoms with van der Waals surface area (Å²) in [4.78, 5) is 13.2. The van der Waals surface area contributed by atoms with Gasteiger partial charge in [-0.05, 0) is 56.7 Å². The SMILES string of the molecule is CN(C)C(=O)CCCc1ccc(NC2(C)CCC2)cc1. The van der Waals surface area contributed by atoms with Crippen LogP contribution in [0.5, 0.6) is 0 Å². The van der Waals surface area contributed by atoms with E-state index in [0.717, 1.165) is 12.8 Å². The van der Waals surface area contributed by atoms with E-state index in [1.807, 2.05) is 14.1 Å². The highest BCUT2D eigenvalue weighted by Crippen LogP contribution is 2.34. The normalized spacial score (nSPS) is 16.4. The predicted molar refractivity (Wildman–Crippen MR) is 84.0 cm³/mol. The Morgan fingerprint density at radius 1 is 1.25 bits per heavy atom. The van der Waals surface area contributed by atoms with Crippen molar-refractivity contribution in [2.24, 2.45) is 0 Å². The quantitative estimate of drug-likeness (QED) is 0.861. The number of hydrogen-bond donors (Lipinski definition) is 1. The molecule has 110 valence electrons. The minimum atomic E-state index is 0.209. The van der Waals surface area contributed by atoms with Gasteiger partial charge >= 0.3 is 0 Å². The molecule has 0 heterocycles. The van der Waals surface area contributed by atoms with Gasteiger partial charge in [0.25, 0.3) is 0 Å². The van der Waals surface area contributed by atoms with Gasteiger partial charge in [0.1, 0.15) is 0 Å². The molecule has 0 aliphatic heterocycles. The predicted octanol–water partition coefficient (Wildman–Crippen LogP) is 3.45. The summed E-state index contributed by atoms with van der Waals surface area (Å²) in [6, 6.07) is 8.66. The topological polar surface area (TPSA) is 32.3 Å². The molecule has 3 nitrogen and oxygen atoms in total. The summed E-state index contributed by atoms with van der Waals surface area (Å²) in [7, 11) is 3.62. The molecule has 0 bridgehead atoms. The molecule has 1 saturated carbocycles. The van der Waals surface area contributed by atoms with Crippen LogP contribution in [0.25, 0.3) is 0 Å². The van der Waals surface area contributed by atoms with E-state index in [2.05, 4.69) is 36.5 Å². The van der Waals surface area contributed by atoms with Gasteiger partial charge in [-0.15, -0.1) is 0 Å². The number of nitrogens with one attached hydrogen (secondary N) is 1. The smallest absolute Gasteiger partial charge is 0.222 e. The third kappa shape index (κ3) is 3.99. The monoisotopic (exact) mass is 274 g/mol. The Bertz CT molecular complexity index is 447. The fourth-order valence-corrected chi connectivity index (χ4v) is 2.60. The number of nitrogens with zero attached hydrogens (tertiary/aromatic N) is 1. The third-order valence-electron chi connectivity index (χ3n) is 4.21. The van der Waals surface area contributed by atoms with E-state index >= 15 is 0 Å². The molecule has 0 radical (unpaired) electrons. The summed E-state index contributed by atoms with van der Waals surface area (Å²) in [5, 5.41) is 3.61. The number of carbonyl (C=O) groups is 1. The molecule has 1 aliphatic carbocycles. The zero-order valence-corrected chi connectivity index (χ0v) is 12.9. The third-order valence-corrected chi connectivity index (χ3v) is 4.21. The van der Waals surface area contributed by atoms with E-state index in [1.54, 1.807) is 4.90 Å². The molecule has 1 amide bonds. The fraction of sp³-hybridized carbons (Fsp3) is 0.588. The maximum Gasteiger partial charge on any atom is 0.222 e. The molecule has 1 aromatic carbocycles. The second-order valence-electron chi connectivity index (χ2n) is 6.38. The highest BCUT2D eigenvalue weighted by atomic mass is 16.2. The molecule has 3 heteroatoms. The van der Waals surface area contributed by atoms with Gasteiger partial charge in [0, 0.05) is 31.7 Å². The summed E-state index contributed by atoms with van der Waals surface area (Å²) < 4.78 is 0. The lowest BCUT2D eigenvalue weighted by Crippen LogP contribution is -2.41. The Morgan fingerprint density at radius 2 is 1.90 bits per heavy atom. The zero-order valence-electron chi connectivity index (χ0n) is 12.9. The zero-order chi connectivity index (χ0) is 14.6. The summed E-state index contributed by atoms with van der Waals surface area (Å²) >= 11 is 0. The number of anilines is 1. The minimum Gasteiger partial charge on any atom is -0.380 e. The average molecular weight is 274 g/mol. The van der Waals surface area contributed by atoms with Gasteiger partial charge in [-0.25, -0.2) is 0 Å². The van der Waals surface area contributed by atoms with Crippen molar-refractivity contribution in [3.8, 4) is 0 Å². The number of amides is 1. The Hall–Kier alpha value is -1.51. The summed E-state index contributed by atoms with van der Waals surface area (Å²) in [6.07, 6.45) is 6.38. The molecule has 1 aromatic rings. The van der Waals surface area contributed by atoms with Crippen molar-refractivity contribution in [3.63, 3.8) is 0 Å². The molecular formula is C17H26N2O. The number of hydrogen-bond acceptors (Lipinski definition) is 2. The van der Waals surface area contributed by atoms with E-state index in [0.29, 0.717) is 12.0 Å². The van der Waals surface area contributed by atoms with Crippen LogP contribution in [0.2, 0.25) is 0 Å². The van der Waals surface area contributed by atoms with Crippen molar-refractivity contribution >= 4 is 11.6 Å². The van der Waals surface area contributed by atoms with Crippen LogP contribution in [-0.2, 0) is 11.2 Å². The molecule has 1 fully saturated rings. The first-order chi connectivity index (χ1) is 9.48. The van der Waals surface area contributed by atoms with Gasteiger partial charge < -0.3 is 10.2 Å². The van der Waals surface area contributed by atoms with E-state index < -0.39 is 0 Å². The van der Waals surface area contributed by atoms with E-state index in [4.69, 9.17) is 0 Å². The summed E-state index contributed by atoms with van der Waals surface area (Å²) in [5.74, 6) is 0.209. The van der Waals surface area contributed by atoms with Gasteiger partial charge in [0.05, 0.1) is 0 Å². The highest BCUT2D eigenvalue weighted by molar-refractivity contribution is 5.75. The lowest BCUT2D eigenvalue weighted by atomic mass is 9.78. The standard InChI is InChI=1S/C17H26N2O/c1-17(12-5-13-17)18-15-10-8-14(9-11-15)6-4-7-16(20)19(2)3/h8-11,18H,4-7,12-13H2,1-3H3. The molecule has 2 rings (SSSR count). The molecule has 0 saturated heterocycles. The molecule has 1 N–H and O–H groups in total. The second-order valence-corrected chi connectivity index (χ2v) is 6.38.